The molecule has 0 saturated carbocycles. The Morgan fingerprint density at radius 3 is 1.81 bits per heavy atom. The summed E-state index contributed by atoms with van der Waals surface area (Å²) in [7, 11) is 3.37. The molecule has 0 aromatic carbocycles. The van der Waals surface area contributed by atoms with Gasteiger partial charge in [0.05, 0.1) is 0 Å². The molecule has 0 aliphatic heterocycles. The maximum absolute atomic E-state index is 10.3. The first-order valence-electron chi connectivity index (χ1n) is 8.05. The zero-order valence-corrected chi connectivity index (χ0v) is 15.4. The second-order valence-corrected chi connectivity index (χ2v) is 5.68. The third kappa shape index (κ3) is 24.8. The van der Waals surface area contributed by atoms with Crippen molar-refractivity contribution in [1.82, 2.24) is 4.90 Å². The molecule has 128 valence electrons. The summed E-state index contributed by atoms with van der Waals surface area (Å²) in [6.45, 7) is 7.66. The summed E-state index contributed by atoms with van der Waals surface area (Å²) in [5.74, 6) is -0.0556. The van der Waals surface area contributed by atoms with Gasteiger partial charge in [-0.1, -0.05) is 64.9 Å². The molecule has 0 heterocycles. The zero-order valence-electron chi connectivity index (χ0n) is 14.6. The Morgan fingerprint density at radius 2 is 1.52 bits per heavy atom. The van der Waals surface area contributed by atoms with Gasteiger partial charge in [-0.25, -0.2) is 0 Å². The van der Waals surface area contributed by atoms with Crippen LogP contribution in [0.3, 0.4) is 0 Å². The number of nitrogens with two attached hydrogens (primary N) is 1. The lowest BCUT2D eigenvalue weighted by atomic mass is 10.1. The molecule has 0 aromatic heterocycles. The van der Waals surface area contributed by atoms with Crippen molar-refractivity contribution in [2.24, 2.45) is 5.73 Å². The second-order valence-electron chi connectivity index (χ2n) is 5.68. The van der Waals surface area contributed by atoms with Crippen molar-refractivity contribution in [3.63, 3.8) is 0 Å². The minimum Gasteiger partial charge on any atom is -0.345 e. The molecule has 1 atom stereocenters. The maximum Gasteiger partial charge on any atom is 0.245 e. The molecule has 1 amide bonds. The number of unbranched alkanes of at least 4 members (excludes halogenated alkanes) is 7. The van der Waals surface area contributed by atoms with Crippen LogP contribution >= 0.6 is 12.4 Å². The van der Waals surface area contributed by atoms with Gasteiger partial charge in [-0.2, -0.15) is 0 Å². The van der Waals surface area contributed by atoms with Crippen molar-refractivity contribution in [2.45, 2.75) is 77.7 Å². The predicted molar refractivity (Wildman–Crippen MR) is 97.0 cm³/mol. The van der Waals surface area contributed by atoms with Crippen LogP contribution in [-0.2, 0) is 4.79 Å². The van der Waals surface area contributed by atoms with E-state index in [1.165, 1.54) is 68.8 Å². The topological polar surface area (TPSA) is 46.3 Å². The first kappa shape index (κ1) is 25.4. The van der Waals surface area contributed by atoms with Crippen LogP contribution in [-0.4, -0.2) is 30.9 Å². The number of amides is 1. The van der Waals surface area contributed by atoms with E-state index in [0.29, 0.717) is 6.04 Å². The van der Waals surface area contributed by atoms with E-state index in [4.69, 9.17) is 5.73 Å². The number of nitrogens with zero attached hydrogens (tertiary/aromatic N) is 1. The van der Waals surface area contributed by atoms with E-state index >= 15 is 0 Å². The van der Waals surface area contributed by atoms with Gasteiger partial charge in [-0.3, -0.25) is 4.79 Å². The van der Waals surface area contributed by atoms with Crippen LogP contribution in [0, 0.1) is 0 Å². The molecule has 0 saturated heterocycles. The lowest BCUT2D eigenvalue weighted by molar-refractivity contribution is -0.123. The highest BCUT2D eigenvalue weighted by Gasteiger charge is 1.94. The quantitative estimate of drug-likeness (QED) is 0.474. The Labute approximate surface area is 138 Å². The standard InChI is InChI=1S/C12H27N.C5H9NO.ClH/c1-3-4-5-6-7-8-9-10-11-12(2)13;1-4-5(7)6(2)3;/h12H,3-11,13H2,1-2H3;4H,1H2,2-3H3;1H. The van der Waals surface area contributed by atoms with Crippen LogP contribution < -0.4 is 5.73 Å². The molecule has 0 rings (SSSR count). The third-order valence-electron chi connectivity index (χ3n) is 3.13. The smallest absolute Gasteiger partial charge is 0.245 e. The number of likely N-dealkylation sites (N-methyl/N-ethyl adjacent to an activating group) is 1. The maximum atomic E-state index is 10.3. The zero-order chi connectivity index (χ0) is 15.8. The molecule has 0 fully saturated rings. The predicted octanol–water partition coefficient (Wildman–Crippen LogP) is 4.55. The van der Waals surface area contributed by atoms with Gasteiger partial charge in [-0.15, -0.1) is 12.4 Å². The number of carbonyl (C=O) groups excluding carboxylic acids is 1. The van der Waals surface area contributed by atoms with Gasteiger partial charge in [-0.05, 0) is 19.4 Å². The fourth-order valence-corrected chi connectivity index (χ4v) is 1.78. The van der Waals surface area contributed by atoms with E-state index in [1.807, 2.05) is 0 Å². The van der Waals surface area contributed by atoms with Crippen LogP contribution in [0.5, 0.6) is 0 Å². The van der Waals surface area contributed by atoms with Gasteiger partial charge in [0.2, 0.25) is 5.91 Å². The third-order valence-corrected chi connectivity index (χ3v) is 3.13. The van der Waals surface area contributed by atoms with E-state index in [0.717, 1.165) is 0 Å². The molecule has 1 unspecified atom stereocenters. The Kier molecular flexibility index (Phi) is 23.6. The molecule has 2 N–H and O–H groups in total. The average molecular weight is 321 g/mol. The first-order valence-corrected chi connectivity index (χ1v) is 8.05. The van der Waals surface area contributed by atoms with Gasteiger partial charge in [0.15, 0.2) is 0 Å². The summed E-state index contributed by atoms with van der Waals surface area (Å²) in [5.41, 5.74) is 5.67. The van der Waals surface area contributed by atoms with Crippen LogP contribution in [0.25, 0.3) is 0 Å². The van der Waals surface area contributed by atoms with Gasteiger partial charge < -0.3 is 10.6 Å². The monoisotopic (exact) mass is 320 g/mol. The van der Waals surface area contributed by atoms with Crippen LogP contribution in [0.15, 0.2) is 12.7 Å². The Morgan fingerprint density at radius 1 is 1.10 bits per heavy atom. The minimum atomic E-state index is -0.0556. The number of carbonyl (C=O) groups is 1. The van der Waals surface area contributed by atoms with Crippen LogP contribution in [0.2, 0.25) is 0 Å². The van der Waals surface area contributed by atoms with Crippen molar-refractivity contribution in [3.05, 3.63) is 12.7 Å². The molecule has 0 bridgehead atoms. The molecular formula is C17H37ClN2O. The highest BCUT2D eigenvalue weighted by atomic mass is 35.5. The number of hydrogen-bond donors (Lipinski definition) is 1. The largest absolute Gasteiger partial charge is 0.345 e. The fraction of sp³-hybridized carbons (Fsp3) is 0.824. The molecule has 0 aliphatic carbocycles. The first-order chi connectivity index (χ1) is 9.45. The van der Waals surface area contributed by atoms with Gasteiger partial charge in [0.25, 0.3) is 0 Å². The fourth-order valence-electron chi connectivity index (χ4n) is 1.78. The molecule has 0 aliphatic rings. The van der Waals surface area contributed by atoms with Crippen molar-refractivity contribution in [3.8, 4) is 0 Å². The molecule has 0 radical (unpaired) electrons. The van der Waals surface area contributed by atoms with Crippen molar-refractivity contribution in [1.29, 1.82) is 0 Å². The Balaban J connectivity index is -0.000000347. The van der Waals surface area contributed by atoms with Crippen LogP contribution in [0.1, 0.15) is 71.6 Å². The number of halogens is 1. The number of hydrogen-bond acceptors (Lipinski definition) is 2. The van der Waals surface area contributed by atoms with E-state index in [2.05, 4.69) is 20.4 Å². The van der Waals surface area contributed by atoms with Gasteiger partial charge in [0.1, 0.15) is 0 Å². The molecular weight excluding hydrogens is 284 g/mol. The normalized spacial score (nSPS) is 10.7. The van der Waals surface area contributed by atoms with E-state index in [1.54, 1.807) is 14.1 Å². The minimum absolute atomic E-state index is 0. The van der Waals surface area contributed by atoms with Gasteiger partial charge in [0, 0.05) is 20.1 Å². The summed E-state index contributed by atoms with van der Waals surface area (Å²) >= 11 is 0. The summed E-state index contributed by atoms with van der Waals surface area (Å²) in [5, 5.41) is 0. The molecule has 4 heteroatoms. The van der Waals surface area contributed by atoms with Crippen molar-refractivity contribution in [2.75, 3.05) is 14.1 Å². The molecule has 3 nitrogen and oxygen atoms in total. The Hall–Kier alpha value is -0.540. The van der Waals surface area contributed by atoms with Crippen molar-refractivity contribution < 1.29 is 4.79 Å². The number of rotatable bonds is 10. The molecule has 0 spiro atoms. The van der Waals surface area contributed by atoms with Gasteiger partial charge >= 0.3 is 0 Å². The van der Waals surface area contributed by atoms with E-state index in [-0.39, 0.29) is 18.3 Å². The molecule has 21 heavy (non-hydrogen) atoms. The lowest BCUT2D eigenvalue weighted by Crippen LogP contribution is -2.18. The second kappa shape index (κ2) is 19.5. The summed E-state index contributed by atoms with van der Waals surface area (Å²) < 4.78 is 0. The average Bonchev–Trinajstić information content (AvgIpc) is 2.41. The molecule has 0 aromatic rings. The Bertz CT molecular complexity index is 231. The highest BCUT2D eigenvalue weighted by molar-refractivity contribution is 5.86. The summed E-state index contributed by atoms with van der Waals surface area (Å²) in [6.07, 6.45) is 13.7. The SMILES string of the molecule is C=CC(=O)N(C)C.CCCCCCCCCCC(C)N.Cl. The van der Waals surface area contributed by atoms with E-state index in [9.17, 15) is 4.79 Å². The van der Waals surface area contributed by atoms with Crippen LogP contribution in [0.4, 0.5) is 0 Å². The summed E-state index contributed by atoms with van der Waals surface area (Å²) in [4.78, 5) is 11.8. The highest BCUT2D eigenvalue weighted by Crippen LogP contribution is 2.09. The summed E-state index contributed by atoms with van der Waals surface area (Å²) in [6, 6.07) is 0.403. The lowest BCUT2D eigenvalue weighted by Gasteiger charge is -2.04. The van der Waals surface area contributed by atoms with E-state index < -0.39 is 0 Å². The van der Waals surface area contributed by atoms with Crippen molar-refractivity contribution >= 4 is 18.3 Å².